The Kier molecular flexibility index (Phi) is 4.96. The van der Waals surface area contributed by atoms with Gasteiger partial charge in [0.15, 0.2) is 5.17 Å². The van der Waals surface area contributed by atoms with E-state index >= 15 is 0 Å². The van der Waals surface area contributed by atoms with Crippen LogP contribution < -0.4 is 0 Å². The zero-order valence-electron chi connectivity index (χ0n) is 14.9. The lowest BCUT2D eigenvalue weighted by Crippen LogP contribution is -2.28. The van der Waals surface area contributed by atoms with Gasteiger partial charge in [0.05, 0.1) is 10.6 Å². The number of likely N-dealkylation sites (N-methyl/N-ethyl adjacent to an activating group) is 1. The summed E-state index contributed by atoms with van der Waals surface area (Å²) < 4.78 is 5.56. The first-order chi connectivity index (χ1) is 13.1. The van der Waals surface area contributed by atoms with E-state index < -0.39 is 0 Å². The van der Waals surface area contributed by atoms with E-state index in [1.165, 1.54) is 23.1 Å². The van der Waals surface area contributed by atoms with Gasteiger partial charge in [0, 0.05) is 23.6 Å². The first-order valence-corrected chi connectivity index (χ1v) is 10.2. The monoisotopic (exact) mass is 395 g/mol. The highest BCUT2D eigenvalue weighted by Crippen LogP contribution is 2.35. The number of amidine groups is 1. The van der Waals surface area contributed by atoms with Crippen LogP contribution in [-0.4, -0.2) is 27.5 Å². The number of hydrogen-bond acceptors (Lipinski definition) is 6. The van der Waals surface area contributed by atoms with Gasteiger partial charge in [-0.3, -0.25) is 9.69 Å². The summed E-state index contributed by atoms with van der Waals surface area (Å²) in [5.41, 5.74) is 1.94. The van der Waals surface area contributed by atoms with Gasteiger partial charge in [0.1, 0.15) is 11.5 Å². The van der Waals surface area contributed by atoms with Gasteiger partial charge in [0.2, 0.25) is 5.13 Å². The molecular formula is C20H17N3O2S2. The van der Waals surface area contributed by atoms with Gasteiger partial charge in [-0.15, -0.1) is 11.3 Å². The fourth-order valence-electron chi connectivity index (χ4n) is 2.67. The molecule has 0 saturated carbocycles. The Bertz CT molecular complexity index is 1030. The first-order valence-electron chi connectivity index (χ1n) is 8.51. The molecule has 5 nitrogen and oxygen atoms in total. The molecule has 1 amide bonds. The maximum atomic E-state index is 12.7. The van der Waals surface area contributed by atoms with Crippen molar-refractivity contribution in [3.63, 3.8) is 0 Å². The summed E-state index contributed by atoms with van der Waals surface area (Å²) in [4.78, 5) is 24.2. The smallest absolute Gasteiger partial charge is 0.266 e. The molecule has 1 aliphatic heterocycles. The summed E-state index contributed by atoms with van der Waals surface area (Å²) >= 11 is 2.82. The lowest BCUT2D eigenvalue weighted by atomic mass is 10.2. The van der Waals surface area contributed by atoms with Crippen molar-refractivity contribution in [1.29, 1.82) is 0 Å². The number of carbonyl (C=O) groups excluding carboxylic acids is 1. The largest absolute Gasteiger partial charge is 0.462 e. The highest BCUT2D eigenvalue weighted by atomic mass is 32.2. The SMILES string of the molecule is CCN1C(=O)/C(=C\c2ccc(C)o2)S/C1=N/c1nc(-c2ccccc2)cs1. The van der Waals surface area contributed by atoms with Gasteiger partial charge in [-0.25, -0.2) is 4.98 Å². The van der Waals surface area contributed by atoms with E-state index in [2.05, 4.69) is 9.98 Å². The second-order valence-corrected chi connectivity index (χ2v) is 7.73. The summed E-state index contributed by atoms with van der Waals surface area (Å²) in [5.74, 6) is 1.42. The Balaban J connectivity index is 1.62. The normalized spacial score (nSPS) is 17.4. The minimum absolute atomic E-state index is 0.0601. The molecule has 1 aliphatic rings. The number of aliphatic imine (C=N–C) groups is 1. The number of benzene rings is 1. The van der Waals surface area contributed by atoms with Crippen LogP contribution in [0.15, 0.2) is 62.2 Å². The average molecular weight is 396 g/mol. The van der Waals surface area contributed by atoms with Crippen molar-refractivity contribution >= 4 is 45.4 Å². The molecule has 0 bridgehead atoms. The number of thioether (sulfide) groups is 1. The van der Waals surface area contributed by atoms with E-state index in [9.17, 15) is 4.79 Å². The van der Waals surface area contributed by atoms with Crippen LogP contribution in [0.4, 0.5) is 5.13 Å². The minimum Gasteiger partial charge on any atom is -0.462 e. The van der Waals surface area contributed by atoms with Crippen LogP contribution in [-0.2, 0) is 4.79 Å². The quantitative estimate of drug-likeness (QED) is 0.560. The molecular weight excluding hydrogens is 378 g/mol. The molecule has 1 aromatic carbocycles. The van der Waals surface area contributed by atoms with Gasteiger partial charge in [0.25, 0.3) is 5.91 Å². The van der Waals surface area contributed by atoms with E-state index in [0.29, 0.717) is 27.5 Å². The molecule has 1 fully saturated rings. The number of carbonyl (C=O) groups is 1. The molecule has 0 N–H and O–H groups in total. The van der Waals surface area contributed by atoms with E-state index in [1.807, 2.05) is 61.7 Å². The Morgan fingerprint density at radius 1 is 1.22 bits per heavy atom. The second kappa shape index (κ2) is 7.54. The Morgan fingerprint density at radius 2 is 2.04 bits per heavy atom. The van der Waals surface area contributed by atoms with E-state index in [1.54, 1.807) is 11.0 Å². The van der Waals surface area contributed by atoms with Crippen LogP contribution in [0.2, 0.25) is 0 Å². The second-order valence-electron chi connectivity index (χ2n) is 5.88. The number of thiazole rings is 1. The van der Waals surface area contributed by atoms with Crippen molar-refractivity contribution < 1.29 is 9.21 Å². The lowest BCUT2D eigenvalue weighted by Gasteiger charge is -2.11. The van der Waals surface area contributed by atoms with Crippen LogP contribution in [0.1, 0.15) is 18.4 Å². The molecule has 0 atom stereocenters. The zero-order chi connectivity index (χ0) is 18.8. The molecule has 3 aromatic rings. The van der Waals surface area contributed by atoms with Gasteiger partial charge in [-0.2, -0.15) is 4.99 Å². The molecule has 0 spiro atoms. The summed E-state index contributed by atoms with van der Waals surface area (Å²) in [6.45, 7) is 4.37. The summed E-state index contributed by atoms with van der Waals surface area (Å²) in [7, 11) is 0. The summed E-state index contributed by atoms with van der Waals surface area (Å²) in [6.07, 6.45) is 1.77. The number of aryl methyl sites for hydroxylation is 1. The molecule has 7 heteroatoms. The molecule has 136 valence electrons. The van der Waals surface area contributed by atoms with Gasteiger partial charge in [-0.1, -0.05) is 30.3 Å². The third-order valence-corrected chi connectivity index (χ3v) is 5.73. The van der Waals surface area contributed by atoms with Gasteiger partial charge in [-0.05, 0) is 37.7 Å². The van der Waals surface area contributed by atoms with Crippen LogP contribution in [0.25, 0.3) is 17.3 Å². The number of furan rings is 1. The molecule has 27 heavy (non-hydrogen) atoms. The fourth-order valence-corrected chi connectivity index (χ4v) is 4.45. The number of nitrogens with zero attached hydrogens (tertiary/aromatic N) is 3. The van der Waals surface area contributed by atoms with Crippen LogP contribution in [0.3, 0.4) is 0 Å². The summed E-state index contributed by atoms with van der Waals surface area (Å²) in [6, 6.07) is 13.7. The number of rotatable bonds is 4. The van der Waals surface area contributed by atoms with Crippen molar-refractivity contribution in [2.45, 2.75) is 13.8 Å². The van der Waals surface area contributed by atoms with E-state index in [0.717, 1.165) is 17.0 Å². The minimum atomic E-state index is -0.0601. The van der Waals surface area contributed by atoms with Crippen molar-refractivity contribution in [1.82, 2.24) is 9.88 Å². The fraction of sp³-hybridized carbons (Fsp3) is 0.150. The highest BCUT2D eigenvalue weighted by Gasteiger charge is 2.32. The predicted molar refractivity (Wildman–Crippen MR) is 111 cm³/mol. The topological polar surface area (TPSA) is 58.7 Å². The van der Waals surface area contributed by atoms with Gasteiger partial charge >= 0.3 is 0 Å². The van der Waals surface area contributed by atoms with E-state index in [4.69, 9.17) is 4.42 Å². The van der Waals surface area contributed by atoms with Gasteiger partial charge < -0.3 is 4.42 Å². The van der Waals surface area contributed by atoms with Crippen LogP contribution in [0.5, 0.6) is 0 Å². The third-order valence-electron chi connectivity index (χ3n) is 3.99. The molecule has 1 saturated heterocycles. The molecule has 4 rings (SSSR count). The first kappa shape index (κ1) is 17.8. The van der Waals surface area contributed by atoms with Crippen molar-refractivity contribution in [2.75, 3.05) is 6.54 Å². The molecule has 3 heterocycles. The number of aromatic nitrogens is 1. The number of hydrogen-bond donors (Lipinski definition) is 0. The molecule has 0 aliphatic carbocycles. The lowest BCUT2D eigenvalue weighted by molar-refractivity contribution is -0.122. The Labute approximate surface area is 165 Å². The van der Waals surface area contributed by atoms with E-state index in [-0.39, 0.29) is 5.91 Å². The molecule has 2 aromatic heterocycles. The molecule has 0 unspecified atom stereocenters. The Hall–Kier alpha value is -2.64. The number of amides is 1. The maximum absolute atomic E-state index is 12.7. The molecule has 0 radical (unpaired) electrons. The zero-order valence-corrected chi connectivity index (χ0v) is 16.5. The standard InChI is InChI=1S/C20H17N3O2S2/c1-3-23-18(24)17(11-15-10-9-13(2)25-15)27-20(23)22-19-21-16(12-26-19)14-7-5-4-6-8-14/h4-12H,3H2,1-2H3/b17-11+,22-20+. The van der Waals surface area contributed by atoms with Crippen molar-refractivity contribution in [3.05, 3.63) is 64.3 Å². The van der Waals surface area contributed by atoms with Crippen molar-refractivity contribution in [2.24, 2.45) is 4.99 Å². The summed E-state index contributed by atoms with van der Waals surface area (Å²) in [5, 5.41) is 3.26. The third kappa shape index (κ3) is 3.74. The highest BCUT2D eigenvalue weighted by molar-refractivity contribution is 8.18. The van der Waals surface area contributed by atoms with Crippen LogP contribution >= 0.6 is 23.1 Å². The maximum Gasteiger partial charge on any atom is 0.266 e. The Morgan fingerprint density at radius 3 is 2.74 bits per heavy atom. The average Bonchev–Trinajstić information content (AvgIpc) is 3.37. The van der Waals surface area contributed by atoms with Crippen molar-refractivity contribution in [3.8, 4) is 11.3 Å². The van der Waals surface area contributed by atoms with Crippen LogP contribution in [0, 0.1) is 6.92 Å². The predicted octanol–water partition coefficient (Wildman–Crippen LogP) is 5.34.